The van der Waals surface area contributed by atoms with E-state index < -0.39 is 35.2 Å². The number of carbonyl (C=O) groups is 4. The second kappa shape index (κ2) is 12.6. The molecule has 1 aliphatic heterocycles. The van der Waals surface area contributed by atoms with E-state index in [1.54, 1.807) is 20.8 Å². The van der Waals surface area contributed by atoms with Crippen LogP contribution in [0.1, 0.15) is 59.4 Å². The molecule has 1 aliphatic rings. The lowest BCUT2D eigenvalue weighted by molar-refractivity contribution is -0.141. The number of carbonyl (C=O) groups excluding carboxylic acids is 4. The molecule has 0 saturated carbocycles. The third-order valence-electron chi connectivity index (χ3n) is 5.68. The normalized spacial score (nSPS) is 16.4. The highest BCUT2D eigenvalue weighted by atomic mass is 16.2. The van der Waals surface area contributed by atoms with Gasteiger partial charge in [0.2, 0.25) is 17.6 Å². The molecule has 2 unspecified atom stereocenters. The summed E-state index contributed by atoms with van der Waals surface area (Å²) in [6, 6.07) is 7.42. The maximum Gasteiger partial charge on any atom is 0.290 e. The van der Waals surface area contributed by atoms with Crippen LogP contribution in [0.2, 0.25) is 0 Å². The molecular formula is C26H40N4O4. The molecule has 1 heterocycles. The SMILES string of the molecule is CC(C)CC(NC(=O)C1CCNCC1)C(=O)NC(Cc1ccccc1)C(=O)C(=O)NC(C)(C)C. The summed E-state index contributed by atoms with van der Waals surface area (Å²) in [4.78, 5) is 51.8. The minimum atomic E-state index is -1.04. The van der Waals surface area contributed by atoms with Crippen molar-refractivity contribution in [2.24, 2.45) is 11.8 Å². The Morgan fingerprint density at radius 1 is 0.971 bits per heavy atom. The maximum atomic E-state index is 13.3. The fourth-order valence-electron chi connectivity index (χ4n) is 3.97. The van der Waals surface area contributed by atoms with Crippen LogP contribution in [0.5, 0.6) is 0 Å². The maximum absolute atomic E-state index is 13.3. The Morgan fingerprint density at radius 2 is 1.59 bits per heavy atom. The average molecular weight is 473 g/mol. The van der Waals surface area contributed by atoms with Crippen LogP contribution in [-0.4, -0.2) is 54.2 Å². The monoisotopic (exact) mass is 472 g/mol. The minimum Gasteiger partial charge on any atom is -0.345 e. The number of nitrogens with one attached hydrogen (secondary N) is 4. The average Bonchev–Trinajstić information content (AvgIpc) is 2.77. The Morgan fingerprint density at radius 3 is 2.15 bits per heavy atom. The Hall–Kier alpha value is -2.74. The van der Waals surface area contributed by atoms with Gasteiger partial charge in [-0.3, -0.25) is 19.2 Å². The van der Waals surface area contributed by atoms with Crippen LogP contribution < -0.4 is 21.3 Å². The van der Waals surface area contributed by atoms with Gasteiger partial charge in [-0.2, -0.15) is 0 Å². The lowest BCUT2D eigenvalue weighted by Gasteiger charge is -2.27. The summed E-state index contributed by atoms with van der Waals surface area (Å²) in [7, 11) is 0. The highest BCUT2D eigenvalue weighted by molar-refractivity contribution is 6.38. The van der Waals surface area contributed by atoms with E-state index >= 15 is 0 Å². The molecule has 1 aromatic rings. The zero-order chi connectivity index (χ0) is 25.3. The van der Waals surface area contributed by atoms with Crippen LogP contribution in [0, 0.1) is 11.8 Å². The summed E-state index contributed by atoms with van der Waals surface area (Å²) in [5.41, 5.74) is 0.237. The molecule has 1 saturated heterocycles. The van der Waals surface area contributed by atoms with E-state index in [4.69, 9.17) is 0 Å². The molecule has 8 nitrogen and oxygen atoms in total. The van der Waals surface area contributed by atoms with E-state index in [9.17, 15) is 19.2 Å². The fraction of sp³-hybridized carbons (Fsp3) is 0.615. The first-order valence-electron chi connectivity index (χ1n) is 12.2. The van der Waals surface area contributed by atoms with Crippen molar-refractivity contribution in [1.82, 2.24) is 21.3 Å². The molecule has 1 aromatic carbocycles. The Balaban J connectivity index is 2.18. The van der Waals surface area contributed by atoms with Crippen LogP contribution in [0.3, 0.4) is 0 Å². The van der Waals surface area contributed by atoms with Gasteiger partial charge in [0, 0.05) is 17.9 Å². The highest BCUT2D eigenvalue weighted by Crippen LogP contribution is 2.14. The smallest absolute Gasteiger partial charge is 0.290 e. The standard InChI is InChI=1S/C26H40N4O4/c1-17(2)15-21(29-23(32)19-11-13-27-14-12-19)24(33)28-20(16-18-9-7-6-8-10-18)22(31)25(34)30-26(3,4)5/h6-10,17,19-21,27H,11-16H2,1-5H3,(H,28,33)(H,29,32)(H,30,34). The van der Waals surface area contributed by atoms with Crippen LogP contribution >= 0.6 is 0 Å². The van der Waals surface area contributed by atoms with E-state index in [1.165, 1.54) is 0 Å². The summed E-state index contributed by atoms with van der Waals surface area (Å²) in [5.74, 6) is -2.03. The molecule has 188 valence electrons. The molecule has 0 radical (unpaired) electrons. The minimum absolute atomic E-state index is 0.136. The van der Waals surface area contributed by atoms with Crippen molar-refractivity contribution in [2.75, 3.05) is 13.1 Å². The Bertz CT molecular complexity index is 842. The van der Waals surface area contributed by atoms with Gasteiger partial charge in [0.25, 0.3) is 5.91 Å². The summed E-state index contributed by atoms with van der Waals surface area (Å²) in [6.07, 6.45) is 2.07. The molecule has 0 aliphatic carbocycles. The number of piperidine rings is 1. The third-order valence-corrected chi connectivity index (χ3v) is 5.68. The number of Topliss-reactive ketones (excluding diaryl/α,β-unsaturated/α-hetero) is 1. The molecule has 2 rings (SSSR count). The Labute approximate surface area is 203 Å². The van der Waals surface area contributed by atoms with Gasteiger partial charge in [-0.15, -0.1) is 0 Å². The van der Waals surface area contributed by atoms with Crippen molar-refractivity contribution in [2.45, 2.75) is 77.9 Å². The van der Waals surface area contributed by atoms with E-state index in [1.807, 2.05) is 44.2 Å². The van der Waals surface area contributed by atoms with Crippen molar-refractivity contribution < 1.29 is 19.2 Å². The topological polar surface area (TPSA) is 116 Å². The van der Waals surface area contributed by atoms with E-state index in [0.29, 0.717) is 6.42 Å². The molecular weight excluding hydrogens is 432 g/mol. The second-order valence-electron chi connectivity index (χ2n) is 10.5. The van der Waals surface area contributed by atoms with Crippen LogP contribution in [0.4, 0.5) is 0 Å². The summed E-state index contributed by atoms with van der Waals surface area (Å²) < 4.78 is 0. The second-order valence-corrected chi connectivity index (χ2v) is 10.5. The lowest BCUT2D eigenvalue weighted by atomic mass is 9.95. The van der Waals surface area contributed by atoms with Gasteiger partial charge in [-0.05, 0) is 64.6 Å². The molecule has 3 amide bonds. The van der Waals surface area contributed by atoms with Crippen molar-refractivity contribution in [3.63, 3.8) is 0 Å². The number of amides is 3. The molecule has 1 fully saturated rings. The first-order chi connectivity index (χ1) is 16.0. The summed E-state index contributed by atoms with van der Waals surface area (Å²) in [5, 5.41) is 11.6. The Kier molecular flexibility index (Phi) is 10.2. The van der Waals surface area contributed by atoms with Crippen molar-refractivity contribution in [1.29, 1.82) is 0 Å². The van der Waals surface area contributed by atoms with Crippen molar-refractivity contribution >= 4 is 23.5 Å². The summed E-state index contributed by atoms with van der Waals surface area (Å²) >= 11 is 0. The molecule has 34 heavy (non-hydrogen) atoms. The molecule has 4 N–H and O–H groups in total. The highest BCUT2D eigenvalue weighted by Gasteiger charge is 2.33. The number of ketones is 1. The van der Waals surface area contributed by atoms with Gasteiger partial charge in [-0.25, -0.2) is 0 Å². The van der Waals surface area contributed by atoms with Gasteiger partial charge >= 0.3 is 0 Å². The number of hydrogen-bond acceptors (Lipinski definition) is 5. The number of rotatable bonds is 10. The quantitative estimate of drug-likeness (QED) is 0.387. The molecule has 0 bridgehead atoms. The molecule has 0 spiro atoms. The number of hydrogen-bond donors (Lipinski definition) is 4. The third kappa shape index (κ3) is 9.25. The van der Waals surface area contributed by atoms with Crippen molar-refractivity contribution in [3.05, 3.63) is 35.9 Å². The van der Waals surface area contributed by atoms with Gasteiger partial charge in [0.1, 0.15) is 12.1 Å². The van der Waals surface area contributed by atoms with Gasteiger partial charge in [-0.1, -0.05) is 44.2 Å². The predicted molar refractivity (Wildman–Crippen MR) is 132 cm³/mol. The van der Waals surface area contributed by atoms with Crippen molar-refractivity contribution in [3.8, 4) is 0 Å². The van der Waals surface area contributed by atoms with Crippen LogP contribution in [-0.2, 0) is 25.6 Å². The van der Waals surface area contributed by atoms with Gasteiger partial charge in [0.15, 0.2) is 0 Å². The zero-order valence-electron chi connectivity index (χ0n) is 21.1. The largest absolute Gasteiger partial charge is 0.345 e. The molecule has 8 heteroatoms. The first-order valence-corrected chi connectivity index (χ1v) is 12.2. The zero-order valence-corrected chi connectivity index (χ0v) is 21.1. The first kappa shape index (κ1) is 27.5. The van der Waals surface area contributed by atoms with Gasteiger partial charge in [0.05, 0.1) is 0 Å². The fourth-order valence-corrected chi connectivity index (χ4v) is 3.97. The van der Waals surface area contributed by atoms with Crippen LogP contribution in [0.15, 0.2) is 30.3 Å². The van der Waals surface area contributed by atoms with E-state index in [-0.39, 0.29) is 24.2 Å². The van der Waals surface area contributed by atoms with Crippen LogP contribution in [0.25, 0.3) is 0 Å². The number of benzene rings is 1. The lowest BCUT2D eigenvalue weighted by Crippen LogP contribution is -2.57. The van der Waals surface area contributed by atoms with E-state index in [2.05, 4.69) is 21.3 Å². The molecule has 0 aromatic heterocycles. The predicted octanol–water partition coefficient (Wildman–Crippen LogP) is 1.73. The molecule has 2 atom stereocenters. The van der Waals surface area contributed by atoms with Gasteiger partial charge < -0.3 is 21.3 Å². The van der Waals surface area contributed by atoms with E-state index in [0.717, 1.165) is 31.5 Å². The summed E-state index contributed by atoms with van der Waals surface area (Å²) in [6.45, 7) is 10.9.